The summed E-state index contributed by atoms with van der Waals surface area (Å²) in [4.78, 5) is 2.25. The van der Waals surface area contributed by atoms with Crippen molar-refractivity contribution in [1.29, 1.82) is 0 Å². The van der Waals surface area contributed by atoms with E-state index >= 15 is 0 Å². The number of nitrogens with zero attached hydrogens (tertiary/aromatic N) is 1. The van der Waals surface area contributed by atoms with Crippen LogP contribution in [0.1, 0.15) is 37.8 Å². The van der Waals surface area contributed by atoms with Crippen LogP contribution in [0.25, 0.3) is 0 Å². The number of aliphatic hydroxyl groups is 1. The van der Waals surface area contributed by atoms with Gasteiger partial charge in [-0.25, -0.2) is 0 Å². The molecule has 0 saturated carbocycles. The number of aliphatic hydroxyl groups excluding tert-OH is 1. The van der Waals surface area contributed by atoms with Crippen molar-refractivity contribution in [1.82, 2.24) is 4.90 Å². The molecule has 0 amide bonds. The second-order valence-corrected chi connectivity index (χ2v) is 5.40. The molecule has 3 nitrogen and oxygen atoms in total. The van der Waals surface area contributed by atoms with Crippen molar-refractivity contribution >= 4 is 0 Å². The van der Waals surface area contributed by atoms with Crippen LogP contribution in [0.2, 0.25) is 0 Å². The summed E-state index contributed by atoms with van der Waals surface area (Å²) >= 11 is 0. The highest BCUT2D eigenvalue weighted by Gasteiger charge is 2.11. The van der Waals surface area contributed by atoms with Crippen molar-refractivity contribution in [2.24, 2.45) is 0 Å². The zero-order valence-electron chi connectivity index (χ0n) is 13.1. The van der Waals surface area contributed by atoms with Crippen LogP contribution in [0.3, 0.4) is 0 Å². The molecule has 1 rings (SSSR count). The summed E-state index contributed by atoms with van der Waals surface area (Å²) in [5, 5.41) is 10.0. The minimum Gasteiger partial charge on any atom is -0.389 e. The van der Waals surface area contributed by atoms with Gasteiger partial charge in [-0.1, -0.05) is 50.1 Å². The van der Waals surface area contributed by atoms with Crippen LogP contribution in [0.15, 0.2) is 24.3 Å². The van der Waals surface area contributed by atoms with Crippen LogP contribution in [0.4, 0.5) is 0 Å². The van der Waals surface area contributed by atoms with E-state index in [2.05, 4.69) is 49.9 Å². The fraction of sp³-hybridized carbons (Fsp3) is 0.647. The van der Waals surface area contributed by atoms with Crippen molar-refractivity contribution in [2.75, 3.05) is 26.3 Å². The minimum atomic E-state index is -0.406. The van der Waals surface area contributed by atoms with Crippen LogP contribution in [-0.2, 0) is 11.3 Å². The third-order valence-corrected chi connectivity index (χ3v) is 3.36. The van der Waals surface area contributed by atoms with Gasteiger partial charge in [0.05, 0.1) is 12.7 Å². The molecule has 0 aliphatic rings. The molecule has 1 unspecified atom stereocenters. The lowest BCUT2D eigenvalue weighted by Gasteiger charge is -2.23. The van der Waals surface area contributed by atoms with Crippen molar-refractivity contribution in [3.05, 3.63) is 35.4 Å². The summed E-state index contributed by atoms with van der Waals surface area (Å²) in [5.41, 5.74) is 2.58. The third kappa shape index (κ3) is 7.04. The van der Waals surface area contributed by atoms with E-state index in [4.69, 9.17) is 4.74 Å². The maximum Gasteiger partial charge on any atom is 0.0900 e. The maximum atomic E-state index is 10.0. The Labute approximate surface area is 123 Å². The quantitative estimate of drug-likeness (QED) is 0.668. The zero-order valence-corrected chi connectivity index (χ0v) is 13.1. The van der Waals surface area contributed by atoms with E-state index in [1.165, 1.54) is 11.1 Å². The summed E-state index contributed by atoms with van der Waals surface area (Å²) in [5.74, 6) is 0. The molecule has 0 heterocycles. The number of hydrogen-bond acceptors (Lipinski definition) is 3. The molecule has 3 heteroatoms. The van der Waals surface area contributed by atoms with Gasteiger partial charge in [0.15, 0.2) is 0 Å². The molecule has 114 valence electrons. The van der Waals surface area contributed by atoms with Gasteiger partial charge in [0, 0.05) is 19.7 Å². The van der Waals surface area contributed by atoms with E-state index in [9.17, 15) is 5.11 Å². The fourth-order valence-corrected chi connectivity index (χ4v) is 2.19. The highest BCUT2D eigenvalue weighted by atomic mass is 16.5. The van der Waals surface area contributed by atoms with Crippen LogP contribution in [0.5, 0.6) is 0 Å². The number of aryl methyl sites for hydroxylation is 1. The second-order valence-electron chi connectivity index (χ2n) is 5.40. The first-order chi connectivity index (χ1) is 9.65. The summed E-state index contributed by atoms with van der Waals surface area (Å²) < 4.78 is 5.47. The van der Waals surface area contributed by atoms with Gasteiger partial charge in [0.2, 0.25) is 0 Å². The number of ether oxygens (including phenoxy) is 1. The molecule has 1 atom stereocenters. The molecule has 0 radical (unpaired) electrons. The molecule has 20 heavy (non-hydrogen) atoms. The highest BCUT2D eigenvalue weighted by Crippen LogP contribution is 2.08. The van der Waals surface area contributed by atoms with Crippen molar-refractivity contribution in [3.8, 4) is 0 Å². The molecule has 1 N–H and O–H groups in total. The van der Waals surface area contributed by atoms with Crippen molar-refractivity contribution < 1.29 is 9.84 Å². The van der Waals surface area contributed by atoms with Gasteiger partial charge in [-0.2, -0.15) is 0 Å². The Kier molecular flexibility index (Phi) is 8.51. The predicted octanol–water partition coefficient (Wildman–Crippen LogP) is 2.99. The first-order valence-electron chi connectivity index (χ1n) is 7.69. The van der Waals surface area contributed by atoms with Crippen molar-refractivity contribution in [3.63, 3.8) is 0 Å². The van der Waals surface area contributed by atoms with E-state index in [0.29, 0.717) is 13.2 Å². The molecule has 0 aliphatic heterocycles. The molecular formula is C17H29NO2. The number of likely N-dealkylation sites (N-methyl/N-ethyl adjacent to an activating group) is 1. The lowest BCUT2D eigenvalue weighted by Crippen LogP contribution is -2.34. The van der Waals surface area contributed by atoms with Gasteiger partial charge in [0.1, 0.15) is 0 Å². The molecule has 0 bridgehead atoms. The Morgan fingerprint density at radius 1 is 1.30 bits per heavy atom. The Morgan fingerprint density at radius 3 is 2.75 bits per heavy atom. The van der Waals surface area contributed by atoms with Crippen LogP contribution in [0, 0.1) is 6.92 Å². The normalized spacial score (nSPS) is 12.8. The Hall–Kier alpha value is -0.900. The molecule has 0 spiro atoms. The Morgan fingerprint density at radius 2 is 2.10 bits per heavy atom. The number of hydrogen-bond donors (Lipinski definition) is 1. The van der Waals surface area contributed by atoms with E-state index in [0.717, 1.165) is 32.5 Å². The average Bonchev–Trinajstić information content (AvgIpc) is 2.43. The summed E-state index contributed by atoms with van der Waals surface area (Å²) in [6, 6.07) is 8.53. The lowest BCUT2D eigenvalue weighted by molar-refractivity contribution is 0.0153. The zero-order chi connectivity index (χ0) is 14.8. The van der Waals surface area contributed by atoms with E-state index in [1.54, 1.807) is 0 Å². The summed E-state index contributed by atoms with van der Waals surface area (Å²) in [6.45, 7) is 10.0. The molecule has 0 saturated heterocycles. The number of rotatable bonds is 10. The Bertz CT molecular complexity index is 368. The number of unbranched alkanes of at least 4 members (excludes halogenated alkanes) is 1. The van der Waals surface area contributed by atoms with Crippen LogP contribution >= 0.6 is 0 Å². The van der Waals surface area contributed by atoms with Gasteiger partial charge in [-0.05, 0) is 25.5 Å². The monoisotopic (exact) mass is 279 g/mol. The van der Waals surface area contributed by atoms with Gasteiger partial charge in [-0.15, -0.1) is 0 Å². The lowest BCUT2D eigenvalue weighted by atomic mass is 10.1. The van der Waals surface area contributed by atoms with Crippen molar-refractivity contribution in [2.45, 2.75) is 46.3 Å². The minimum absolute atomic E-state index is 0.406. The summed E-state index contributed by atoms with van der Waals surface area (Å²) in [6.07, 6.45) is 1.79. The van der Waals surface area contributed by atoms with Crippen LogP contribution in [-0.4, -0.2) is 42.4 Å². The molecule has 0 aromatic heterocycles. The van der Waals surface area contributed by atoms with Crippen LogP contribution < -0.4 is 0 Å². The second kappa shape index (κ2) is 9.92. The molecule has 0 fully saturated rings. The van der Waals surface area contributed by atoms with Gasteiger partial charge in [-0.3, -0.25) is 4.90 Å². The third-order valence-electron chi connectivity index (χ3n) is 3.36. The first kappa shape index (κ1) is 17.2. The summed E-state index contributed by atoms with van der Waals surface area (Å²) in [7, 11) is 0. The van der Waals surface area contributed by atoms with Gasteiger partial charge in [0.25, 0.3) is 0 Å². The topological polar surface area (TPSA) is 32.7 Å². The van der Waals surface area contributed by atoms with Gasteiger partial charge < -0.3 is 9.84 Å². The van der Waals surface area contributed by atoms with E-state index in [1.807, 2.05) is 0 Å². The Balaban J connectivity index is 2.34. The van der Waals surface area contributed by atoms with E-state index < -0.39 is 6.10 Å². The largest absolute Gasteiger partial charge is 0.389 e. The number of benzene rings is 1. The predicted molar refractivity (Wildman–Crippen MR) is 83.9 cm³/mol. The smallest absolute Gasteiger partial charge is 0.0900 e. The van der Waals surface area contributed by atoms with Gasteiger partial charge >= 0.3 is 0 Å². The maximum absolute atomic E-state index is 10.0. The molecule has 1 aromatic rings. The van der Waals surface area contributed by atoms with E-state index in [-0.39, 0.29) is 0 Å². The first-order valence-corrected chi connectivity index (χ1v) is 7.69. The standard InChI is InChI=1S/C17H29NO2/c1-4-6-10-20-14-17(19)13-18(5-2)12-16-9-7-8-15(3)11-16/h7-9,11,17,19H,4-6,10,12-14H2,1-3H3. The fourth-order valence-electron chi connectivity index (χ4n) is 2.19. The molecule has 1 aromatic carbocycles. The molecule has 0 aliphatic carbocycles. The SMILES string of the molecule is CCCCOCC(O)CN(CC)Cc1cccc(C)c1. The highest BCUT2D eigenvalue weighted by molar-refractivity contribution is 5.22. The average molecular weight is 279 g/mol. The molecular weight excluding hydrogens is 250 g/mol.